The van der Waals surface area contributed by atoms with Crippen LogP contribution in [0.1, 0.15) is 10.5 Å². The van der Waals surface area contributed by atoms with E-state index in [1.165, 1.54) is 22.2 Å². The van der Waals surface area contributed by atoms with Crippen LogP contribution in [0.3, 0.4) is 0 Å². The van der Waals surface area contributed by atoms with Crippen LogP contribution in [-0.4, -0.2) is 20.7 Å². The largest absolute Gasteiger partial charge is 0.396 e. The summed E-state index contributed by atoms with van der Waals surface area (Å²) in [7, 11) is 0. The number of rotatable bonds is 2. The van der Waals surface area contributed by atoms with Crippen molar-refractivity contribution in [1.29, 1.82) is 0 Å². The standard InChI is InChI=1S/C11H9N5OS/c12-6-5-16(15-9(6)10(13)17)11-14-7-3-1-2-4-8(7)18-11/h1-5H,12H2,(H2,13,17). The lowest BCUT2D eigenvalue weighted by atomic mass is 10.3. The summed E-state index contributed by atoms with van der Waals surface area (Å²) < 4.78 is 2.52. The highest BCUT2D eigenvalue weighted by atomic mass is 32.1. The third kappa shape index (κ3) is 1.61. The maximum Gasteiger partial charge on any atom is 0.271 e. The number of benzene rings is 1. The van der Waals surface area contributed by atoms with Gasteiger partial charge >= 0.3 is 0 Å². The monoisotopic (exact) mass is 259 g/mol. The number of aromatic nitrogens is 3. The molecule has 0 fully saturated rings. The van der Waals surface area contributed by atoms with Gasteiger partial charge in [0.05, 0.1) is 22.1 Å². The lowest BCUT2D eigenvalue weighted by Gasteiger charge is -1.91. The zero-order chi connectivity index (χ0) is 12.7. The van der Waals surface area contributed by atoms with Gasteiger partial charge in [0.1, 0.15) is 0 Å². The lowest BCUT2D eigenvalue weighted by Crippen LogP contribution is -2.13. The van der Waals surface area contributed by atoms with E-state index in [1.807, 2.05) is 24.3 Å². The molecular formula is C11H9N5OS. The molecule has 6 nitrogen and oxygen atoms in total. The van der Waals surface area contributed by atoms with Gasteiger partial charge in [-0.25, -0.2) is 9.67 Å². The predicted molar refractivity (Wildman–Crippen MR) is 69.7 cm³/mol. The zero-order valence-corrected chi connectivity index (χ0v) is 10.0. The number of para-hydroxylation sites is 1. The summed E-state index contributed by atoms with van der Waals surface area (Å²) in [5, 5.41) is 4.69. The molecule has 0 atom stereocenters. The molecule has 0 saturated heterocycles. The van der Waals surface area contributed by atoms with Crippen LogP contribution in [0.2, 0.25) is 0 Å². The number of hydrogen-bond acceptors (Lipinski definition) is 5. The van der Waals surface area contributed by atoms with Gasteiger partial charge in [0, 0.05) is 0 Å². The highest BCUT2D eigenvalue weighted by Gasteiger charge is 2.14. The molecule has 0 spiro atoms. The number of carbonyl (C=O) groups excluding carboxylic acids is 1. The van der Waals surface area contributed by atoms with Gasteiger partial charge < -0.3 is 11.5 Å². The van der Waals surface area contributed by atoms with E-state index in [4.69, 9.17) is 11.5 Å². The molecule has 2 aromatic heterocycles. The number of carbonyl (C=O) groups is 1. The van der Waals surface area contributed by atoms with E-state index < -0.39 is 5.91 Å². The van der Waals surface area contributed by atoms with Gasteiger partial charge in [0.15, 0.2) is 5.69 Å². The Morgan fingerprint density at radius 2 is 2.11 bits per heavy atom. The molecule has 0 aliphatic heterocycles. The Morgan fingerprint density at radius 3 is 2.78 bits per heavy atom. The Hall–Kier alpha value is -2.41. The molecule has 3 rings (SSSR count). The number of anilines is 1. The molecule has 1 aromatic carbocycles. The van der Waals surface area contributed by atoms with Crippen molar-refractivity contribution in [2.75, 3.05) is 5.73 Å². The Labute approximate surface area is 106 Å². The van der Waals surface area contributed by atoms with Gasteiger partial charge in [0.25, 0.3) is 5.91 Å². The van der Waals surface area contributed by atoms with E-state index in [-0.39, 0.29) is 11.4 Å². The van der Waals surface area contributed by atoms with E-state index in [9.17, 15) is 4.79 Å². The second-order valence-corrected chi connectivity index (χ2v) is 4.72. The lowest BCUT2D eigenvalue weighted by molar-refractivity contribution is 0.0996. The molecular weight excluding hydrogens is 250 g/mol. The molecule has 0 saturated carbocycles. The number of thiazole rings is 1. The molecule has 0 aliphatic carbocycles. The maximum atomic E-state index is 11.1. The second-order valence-electron chi connectivity index (χ2n) is 3.71. The summed E-state index contributed by atoms with van der Waals surface area (Å²) in [6.07, 6.45) is 1.54. The number of fused-ring (bicyclic) bond motifs is 1. The Kier molecular flexibility index (Phi) is 2.27. The summed E-state index contributed by atoms with van der Waals surface area (Å²) in [6, 6.07) is 7.74. The molecule has 90 valence electrons. The maximum absolute atomic E-state index is 11.1. The smallest absolute Gasteiger partial charge is 0.271 e. The van der Waals surface area contributed by atoms with E-state index >= 15 is 0 Å². The van der Waals surface area contributed by atoms with Crippen LogP contribution < -0.4 is 11.5 Å². The van der Waals surface area contributed by atoms with Gasteiger partial charge in [0.2, 0.25) is 5.13 Å². The van der Waals surface area contributed by atoms with Crippen molar-refractivity contribution < 1.29 is 4.79 Å². The van der Waals surface area contributed by atoms with Crippen LogP contribution in [0.15, 0.2) is 30.5 Å². The molecule has 7 heteroatoms. The number of primary amides is 1. The van der Waals surface area contributed by atoms with Crippen molar-refractivity contribution in [3.05, 3.63) is 36.2 Å². The SMILES string of the molecule is NC(=O)c1nn(-c2nc3ccccc3s2)cc1N. The van der Waals surface area contributed by atoms with Crippen molar-refractivity contribution >= 4 is 33.1 Å². The first-order chi connectivity index (χ1) is 8.65. The summed E-state index contributed by atoms with van der Waals surface area (Å²) in [5.74, 6) is -0.646. The molecule has 0 aliphatic rings. The minimum absolute atomic E-state index is 0.0641. The summed E-state index contributed by atoms with van der Waals surface area (Å²) in [4.78, 5) is 15.5. The van der Waals surface area contributed by atoms with Crippen LogP contribution >= 0.6 is 11.3 Å². The average Bonchev–Trinajstić information content (AvgIpc) is 2.91. The molecule has 0 bridgehead atoms. The number of nitrogens with zero attached hydrogens (tertiary/aromatic N) is 3. The average molecular weight is 259 g/mol. The topological polar surface area (TPSA) is 99.8 Å². The Bertz CT molecular complexity index is 712. The van der Waals surface area contributed by atoms with E-state index in [1.54, 1.807) is 0 Å². The fourth-order valence-electron chi connectivity index (χ4n) is 1.63. The first-order valence-electron chi connectivity index (χ1n) is 5.16. The van der Waals surface area contributed by atoms with Crippen LogP contribution in [0.4, 0.5) is 5.69 Å². The van der Waals surface area contributed by atoms with Crippen molar-refractivity contribution in [2.45, 2.75) is 0 Å². The van der Waals surface area contributed by atoms with Gasteiger partial charge in [-0.1, -0.05) is 23.5 Å². The molecule has 18 heavy (non-hydrogen) atoms. The fraction of sp³-hybridized carbons (Fsp3) is 0. The van der Waals surface area contributed by atoms with Crippen molar-refractivity contribution in [3.8, 4) is 5.13 Å². The van der Waals surface area contributed by atoms with E-state index in [2.05, 4.69) is 10.1 Å². The van der Waals surface area contributed by atoms with Gasteiger partial charge in [-0.2, -0.15) is 5.10 Å². The molecule has 4 N–H and O–H groups in total. The third-order valence-electron chi connectivity index (χ3n) is 2.45. The summed E-state index contributed by atoms with van der Waals surface area (Å²) in [6.45, 7) is 0. The van der Waals surface area contributed by atoms with Crippen molar-refractivity contribution in [3.63, 3.8) is 0 Å². The van der Waals surface area contributed by atoms with Gasteiger partial charge in [-0.3, -0.25) is 4.79 Å². The minimum atomic E-state index is -0.646. The molecule has 1 amide bonds. The van der Waals surface area contributed by atoms with Gasteiger partial charge in [-0.15, -0.1) is 0 Å². The highest BCUT2D eigenvalue weighted by Crippen LogP contribution is 2.25. The quantitative estimate of drug-likeness (QED) is 0.721. The molecule has 0 radical (unpaired) electrons. The van der Waals surface area contributed by atoms with Crippen LogP contribution in [-0.2, 0) is 0 Å². The van der Waals surface area contributed by atoms with Crippen molar-refractivity contribution in [2.24, 2.45) is 5.73 Å². The Morgan fingerprint density at radius 1 is 1.33 bits per heavy atom. The third-order valence-corrected chi connectivity index (χ3v) is 3.48. The van der Waals surface area contributed by atoms with Crippen LogP contribution in [0.25, 0.3) is 15.3 Å². The Balaban J connectivity index is 2.14. The molecule has 3 aromatic rings. The van der Waals surface area contributed by atoms with E-state index in [0.29, 0.717) is 5.13 Å². The van der Waals surface area contributed by atoms with Crippen LogP contribution in [0, 0.1) is 0 Å². The number of nitrogen functional groups attached to an aromatic ring is 1. The zero-order valence-electron chi connectivity index (χ0n) is 9.20. The first-order valence-corrected chi connectivity index (χ1v) is 5.97. The number of hydrogen-bond donors (Lipinski definition) is 2. The number of nitrogens with two attached hydrogens (primary N) is 2. The number of amides is 1. The second kappa shape index (κ2) is 3.81. The highest BCUT2D eigenvalue weighted by molar-refractivity contribution is 7.20. The van der Waals surface area contributed by atoms with Gasteiger partial charge in [-0.05, 0) is 12.1 Å². The summed E-state index contributed by atoms with van der Waals surface area (Å²) >= 11 is 1.47. The molecule has 2 heterocycles. The fourth-order valence-corrected chi connectivity index (χ4v) is 2.53. The van der Waals surface area contributed by atoms with Crippen molar-refractivity contribution in [1.82, 2.24) is 14.8 Å². The van der Waals surface area contributed by atoms with Crippen LogP contribution in [0.5, 0.6) is 0 Å². The van der Waals surface area contributed by atoms with E-state index in [0.717, 1.165) is 10.2 Å². The predicted octanol–water partition coefficient (Wildman–Crippen LogP) is 1.16. The first kappa shape index (κ1) is 10.7. The normalized spacial score (nSPS) is 10.9. The molecule has 0 unspecified atom stereocenters. The summed E-state index contributed by atoms with van der Waals surface area (Å²) in [5.41, 5.74) is 12.0. The minimum Gasteiger partial charge on any atom is -0.396 e.